The summed E-state index contributed by atoms with van der Waals surface area (Å²) in [6.45, 7) is 5.33. The highest BCUT2D eigenvalue weighted by molar-refractivity contribution is 5.98. The van der Waals surface area contributed by atoms with Gasteiger partial charge in [-0.15, -0.1) is 0 Å². The number of hydrogen-bond acceptors (Lipinski definition) is 6. The lowest BCUT2D eigenvalue weighted by Gasteiger charge is -2.26. The lowest BCUT2D eigenvalue weighted by atomic mass is 10.00. The molecule has 5 rings (SSSR count). The zero-order valence-corrected chi connectivity index (χ0v) is 15.6. The van der Waals surface area contributed by atoms with Crippen molar-refractivity contribution in [1.29, 1.82) is 0 Å². The van der Waals surface area contributed by atoms with Gasteiger partial charge in [-0.3, -0.25) is 9.88 Å². The van der Waals surface area contributed by atoms with Gasteiger partial charge in [-0.05, 0) is 41.5 Å². The number of nitrogens with zero attached hydrogens (tertiary/aromatic N) is 2. The van der Waals surface area contributed by atoms with Gasteiger partial charge < -0.3 is 18.9 Å². The van der Waals surface area contributed by atoms with Crippen molar-refractivity contribution in [3.05, 3.63) is 48.7 Å². The molecule has 0 N–H and O–H groups in total. The Morgan fingerprint density at radius 2 is 1.89 bits per heavy atom. The summed E-state index contributed by atoms with van der Waals surface area (Å²) in [5, 5.41) is 1.06. The Labute approximate surface area is 163 Å². The monoisotopic (exact) mass is 378 g/mol. The fourth-order valence-electron chi connectivity index (χ4n) is 3.69. The summed E-state index contributed by atoms with van der Waals surface area (Å²) in [7, 11) is 0. The van der Waals surface area contributed by atoms with Gasteiger partial charge in [0.1, 0.15) is 17.9 Å². The van der Waals surface area contributed by atoms with Crippen molar-refractivity contribution in [1.82, 2.24) is 9.88 Å². The van der Waals surface area contributed by atoms with E-state index in [1.807, 2.05) is 30.3 Å². The smallest absolute Gasteiger partial charge is 0.231 e. The first kappa shape index (κ1) is 17.3. The van der Waals surface area contributed by atoms with Crippen LogP contribution in [0, 0.1) is 0 Å². The van der Waals surface area contributed by atoms with Gasteiger partial charge in [0.2, 0.25) is 6.79 Å². The largest absolute Gasteiger partial charge is 0.490 e. The molecule has 3 heterocycles. The van der Waals surface area contributed by atoms with Crippen LogP contribution in [-0.4, -0.2) is 56.1 Å². The number of rotatable bonds is 5. The SMILES string of the molecule is c1cnc2c(OCCN3CCOCC3)ccc(-c3ccc4c(c3)OCO4)c2c1. The molecule has 0 bridgehead atoms. The van der Waals surface area contributed by atoms with E-state index < -0.39 is 0 Å². The van der Waals surface area contributed by atoms with E-state index in [0.717, 1.165) is 72.1 Å². The summed E-state index contributed by atoms with van der Waals surface area (Å²) in [5.41, 5.74) is 3.05. The van der Waals surface area contributed by atoms with Crippen LogP contribution in [0.3, 0.4) is 0 Å². The van der Waals surface area contributed by atoms with Crippen molar-refractivity contribution in [2.45, 2.75) is 0 Å². The third-order valence-electron chi connectivity index (χ3n) is 5.19. The number of pyridine rings is 1. The molecular formula is C22H22N2O4. The molecule has 2 aliphatic heterocycles. The number of morpholine rings is 1. The lowest BCUT2D eigenvalue weighted by molar-refractivity contribution is 0.0323. The minimum atomic E-state index is 0.275. The molecule has 0 amide bonds. The second kappa shape index (κ2) is 7.66. The Bertz CT molecular complexity index is 985. The van der Waals surface area contributed by atoms with E-state index in [2.05, 4.69) is 22.0 Å². The molecule has 6 heteroatoms. The molecule has 2 aliphatic rings. The average molecular weight is 378 g/mol. The van der Waals surface area contributed by atoms with E-state index >= 15 is 0 Å². The Morgan fingerprint density at radius 1 is 1.00 bits per heavy atom. The Hall–Kier alpha value is -2.83. The summed E-state index contributed by atoms with van der Waals surface area (Å²) in [5.74, 6) is 2.38. The Morgan fingerprint density at radius 3 is 2.82 bits per heavy atom. The van der Waals surface area contributed by atoms with Crippen LogP contribution in [0.25, 0.3) is 22.0 Å². The summed E-state index contributed by atoms with van der Waals surface area (Å²) < 4.78 is 22.4. The van der Waals surface area contributed by atoms with Gasteiger partial charge in [-0.1, -0.05) is 12.1 Å². The van der Waals surface area contributed by atoms with E-state index in [1.54, 1.807) is 6.20 Å². The van der Waals surface area contributed by atoms with Crippen LogP contribution in [0.5, 0.6) is 17.2 Å². The van der Waals surface area contributed by atoms with Gasteiger partial charge in [0, 0.05) is 31.2 Å². The summed E-state index contributed by atoms with van der Waals surface area (Å²) in [6.07, 6.45) is 1.81. The standard InChI is InChI=1S/C22H22N2O4/c1-2-18-17(16-3-5-19-21(14-16)28-15-27-19)4-6-20(22(18)23-7-1)26-13-10-24-8-11-25-12-9-24/h1-7,14H,8-13,15H2. The first-order valence-electron chi connectivity index (χ1n) is 9.59. The molecule has 2 aromatic carbocycles. The first-order valence-corrected chi connectivity index (χ1v) is 9.59. The summed E-state index contributed by atoms with van der Waals surface area (Å²) in [6, 6.07) is 14.2. The molecule has 1 aromatic heterocycles. The predicted molar refractivity (Wildman–Crippen MR) is 106 cm³/mol. The fraction of sp³-hybridized carbons (Fsp3) is 0.318. The third-order valence-corrected chi connectivity index (χ3v) is 5.19. The van der Waals surface area contributed by atoms with Crippen molar-refractivity contribution in [2.75, 3.05) is 46.2 Å². The molecule has 0 radical (unpaired) electrons. The maximum absolute atomic E-state index is 6.10. The second-order valence-corrected chi connectivity index (χ2v) is 6.88. The molecule has 0 spiro atoms. The summed E-state index contributed by atoms with van der Waals surface area (Å²) in [4.78, 5) is 6.95. The molecule has 0 saturated carbocycles. The van der Waals surface area contributed by atoms with Crippen LogP contribution in [-0.2, 0) is 4.74 Å². The highest BCUT2D eigenvalue weighted by atomic mass is 16.7. The number of aromatic nitrogens is 1. The number of ether oxygens (including phenoxy) is 4. The normalized spacial score (nSPS) is 16.4. The average Bonchev–Trinajstić information content (AvgIpc) is 3.22. The maximum atomic E-state index is 6.10. The number of benzene rings is 2. The van der Waals surface area contributed by atoms with Crippen molar-refractivity contribution >= 4 is 10.9 Å². The van der Waals surface area contributed by atoms with Crippen LogP contribution in [0.15, 0.2) is 48.7 Å². The van der Waals surface area contributed by atoms with E-state index in [-0.39, 0.29) is 6.79 Å². The van der Waals surface area contributed by atoms with Crippen LogP contribution in [0.2, 0.25) is 0 Å². The third kappa shape index (κ3) is 3.37. The Kier molecular flexibility index (Phi) is 4.72. The fourth-order valence-corrected chi connectivity index (χ4v) is 3.69. The highest BCUT2D eigenvalue weighted by Gasteiger charge is 2.16. The van der Waals surface area contributed by atoms with Crippen LogP contribution < -0.4 is 14.2 Å². The van der Waals surface area contributed by atoms with Gasteiger partial charge in [0.25, 0.3) is 0 Å². The zero-order valence-electron chi connectivity index (χ0n) is 15.6. The van der Waals surface area contributed by atoms with E-state index in [4.69, 9.17) is 18.9 Å². The van der Waals surface area contributed by atoms with Gasteiger partial charge >= 0.3 is 0 Å². The summed E-state index contributed by atoms with van der Waals surface area (Å²) >= 11 is 0. The molecular weight excluding hydrogens is 356 g/mol. The van der Waals surface area contributed by atoms with Crippen molar-refractivity contribution in [3.8, 4) is 28.4 Å². The molecule has 0 aliphatic carbocycles. The molecule has 144 valence electrons. The lowest BCUT2D eigenvalue weighted by Crippen LogP contribution is -2.38. The van der Waals surface area contributed by atoms with Crippen LogP contribution in [0.1, 0.15) is 0 Å². The van der Waals surface area contributed by atoms with Gasteiger partial charge in [-0.25, -0.2) is 0 Å². The minimum Gasteiger partial charge on any atom is -0.490 e. The Balaban J connectivity index is 1.41. The molecule has 28 heavy (non-hydrogen) atoms. The molecule has 1 fully saturated rings. The predicted octanol–water partition coefficient (Wildman–Crippen LogP) is 3.34. The highest BCUT2D eigenvalue weighted by Crippen LogP contribution is 2.39. The molecule has 0 unspecified atom stereocenters. The molecule has 0 atom stereocenters. The maximum Gasteiger partial charge on any atom is 0.231 e. The zero-order chi connectivity index (χ0) is 18.8. The van der Waals surface area contributed by atoms with E-state index in [0.29, 0.717) is 6.61 Å². The van der Waals surface area contributed by atoms with Crippen LogP contribution >= 0.6 is 0 Å². The molecule has 6 nitrogen and oxygen atoms in total. The van der Waals surface area contributed by atoms with Gasteiger partial charge in [0.05, 0.1) is 13.2 Å². The van der Waals surface area contributed by atoms with Crippen molar-refractivity contribution < 1.29 is 18.9 Å². The van der Waals surface area contributed by atoms with E-state index in [9.17, 15) is 0 Å². The van der Waals surface area contributed by atoms with E-state index in [1.165, 1.54) is 0 Å². The van der Waals surface area contributed by atoms with Crippen molar-refractivity contribution in [3.63, 3.8) is 0 Å². The molecule has 1 saturated heterocycles. The quantitative estimate of drug-likeness (QED) is 0.679. The minimum absolute atomic E-state index is 0.275. The first-order chi connectivity index (χ1) is 13.9. The molecule has 3 aromatic rings. The van der Waals surface area contributed by atoms with Crippen molar-refractivity contribution in [2.24, 2.45) is 0 Å². The number of fused-ring (bicyclic) bond motifs is 2. The van der Waals surface area contributed by atoms with Gasteiger partial charge in [-0.2, -0.15) is 0 Å². The second-order valence-electron chi connectivity index (χ2n) is 6.88. The number of hydrogen-bond donors (Lipinski definition) is 0. The van der Waals surface area contributed by atoms with Gasteiger partial charge in [0.15, 0.2) is 11.5 Å². The topological polar surface area (TPSA) is 53.1 Å². The van der Waals surface area contributed by atoms with Crippen LogP contribution in [0.4, 0.5) is 0 Å².